The molecule has 4 heterocycles. The molecule has 26 heavy (non-hydrogen) atoms. The van der Waals surface area contributed by atoms with E-state index in [4.69, 9.17) is 4.42 Å². The minimum absolute atomic E-state index is 0.200. The molecule has 0 aliphatic carbocycles. The third-order valence-electron chi connectivity index (χ3n) is 4.10. The number of aromatic amines is 1. The van der Waals surface area contributed by atoms with Crippen LogP contribution >= 0.6 is 0 Å². The van der Waals surface area contributed by atoms with Crippen LogP contribution in [0.4, 0.5) is 0 Å². The van der Waals surface area contributed by atoms with Crippen molar-refractivity contribution in [1.29, 1.82) is 0 Å². The molecule has 1 aromatic carbocycles. The minimum atomic E-state index is -0.200. The van der Waals surface area contributed by atoms with Crippen LogP contribution in [0.15, 0.2) is 70.5 Å². The Labute approximate surface area is 146 Å². The zero-order chi connectivity index (χ0) is 17.5. The van der Waals surface area contributed by atoms with Crippen LogP contribution in [0, 0.1) is 0 Å². The van der Waals surface area contributed by atoms with Gasteiger partial charge in [-0.15, -0.1) is 0 Å². The van der Waals surface area contributed by atoms with Crippen LogP contribution in [-0.4, -0.2) is 24.9 Å². The van der Waals surface area contributed by atoms with E-state index in [0.717, 1.165) is 16.5 Å². The molecule has 0 aliphatic heterocycles. The fourth-order valence-corrected chi connectivity index (χ4v) is 2.90. The van der Waals surface area contributed by atoms with Crippen LogP contribution in [0.1, 0.15) is 0 Å². The fraction of sp³-hybridized carbons (Fsp3) is 0. The van der Waals surface area contributed by atoms with Crippen LogP contribution in [0.5, 0.6) is 0 Å². The highest BCUT2D eigenvalue weighted by Crippen LogP contribution is 2.30. The van der Waals surface area contributed by atoms with Crippen molar-refractivity contribution in [3.8, 4) is 22.8 Å². The van der Waals surface area contributed by atoms with E-state index < -0.39 is 0 Å². The van der Waals surface area contributed by atoms with Gasteiger partial charge in [0, 0.05) is 29.4 Å². The highest BCUT2D eigenvalue weighted by atomic mass is 16.3. The van der Waals surface area contributed by atoms with Crippen LogP contribution in [-0.2, 0) is 0 Å². The summed E-state index contributed by atoms with van der Waals surface area (Å²) >= 11 is 0. The average molecular weight is 341 g/mol. The van der Waals surface area contributed by atoms with Gasteiger partial charge in [-0.2, -0.15) is 0 Å². The van der Waals surface area contributed by atoms with Gasteiger partial charge in [0.1, 0.15) is 12.0 Å². The van der Waals surface area contributed by atoms with Gasteiger partial charge < -0.3 is 9.40 Å². The molecule has 0 unspecified atom stereocenters. The van der Waals surface area contributed by atoms with Crippen LogP contribution in [0.2, 0.25) is 0 Å². The predicted octanol–water partition coefficient (Wildman–Crippen LogP) is 3.19. The molecule has 0 spiro atoms. The lowest BCUT2D eigenvalue weighted by Crippen LogP contribution is -2.06. The predicted molar refractivity (Wildman–Crippen MR) is 96.4 cm³/mol. The number of oxazole rings is 1. The second kappa shape index (κ2) is 5.59. The summed E-state index contributed by atoms with van der Waals surface area (Å²) in [6.45, 7) is 0. The van der Waals surface area contributed by atoms with Crippen molar-refractivity contribution in [2.24, 2.45) is 0 Å². The molecule has 5 rings (SSSR count). The molecule has 7 heteroatoms. The van der Waals surface area contributed by atoms with Gasteiger partial charge in [0.2, 0.25) is 11.3 Å². The largest absolute Gasteiger partial charge is 0.443 e. The van der Waals surface area contributed by atoms with Gasteiger partial charge in [-0.1, -0.05) is 12.1 Å². The molecule has 5 aromatic rings. The third-order valence-corrected chi connectivity index (χ3v) is 4.10. The quantitative estimate of drug-likeness (QED) is 0.529. The first kappa shape index (κ1) is 14.5. The monoisotopic (exact) mass is 341 g/mol. The number of aromatic nitrogens is 5. The molecule has 0 saturated heterocycles. The van der Waals surface area contributed by atoms with Gasteiger partial charge in [-0.3, -0.25) is 9.78 Å². The summed E-state index contributed by atoms with van der Waals surface area (Å²) in [5.74, 6) is 0.338. The lowest BCUT2D eigenvalue weighted by atomic mass is 10.1. The molecule has 0 radical (unpaired) electrons. The van der Waals surface area contributed by atoms with E-state index in [2.05, 4.69) is 24.9 Å². The molecule has 0 aliphatic rings. The standard InChI is InChI=1S/C19H11N5O2/c25-14-5-7-21-18-16(14)23-15(17(24-18)19-22-8-9-26-19)12-3-4-13-11(10-12)2-1-6-20-13/h1-10H,(H,21,24,25). The van der Waals surface area contributed by atoms with Crippen LogP contribution in [0.3, 0.4) is 0 Å². The van der Waals surface area contributed by atoms with E-state index in [9.17, 15) is 4.79 Å². The van der Waals surface area contributed by atoms with E-state index in [1.165, 1.54) is 12.3 Å². The summed E-state index contributed by atoms with van der Waals surface area (Å²) in [4.78, 5) is 32.8. The van der Waals surface area contributed by atoms with Crippen molar-refractivity contribution in [2.75, 3.05) is 0 Å². The molecule has 1 N–H and O–H groups in total. The highest BCUT2D eigenvalue weighted by Gasteiger charge is 2.18. The van der Waals surface area contributed by atoms with Crippen molar-refractivity contribution in [3.05, 3.63) is 71.5 Å². The van der Waals surface area contributed by atoms with Gasteiger partial charge in [-0.05, 0) is 18.2 Å². The maximum absolute atomic E-state index is 12.2. The Morgan fingerprint density at radius 1 is 0.962 bits per heavy atom. The molecular formula is C19H11N5O2. The third kappa shape index (κ3) is 2.26. The number of fused-ring (bicyclic) bond motifs is 2. The summed E-state index contributed by atoms with van der Waals surface area (Å²) in [5, 5.41) is 0.965. The lowest BCUT2D eigenvalue weighted by molar-refractivity contribution is 0.572. The molecule has 0 fully saturated rings. The van der Waals surface area contributed by atoms with Crippen molar-refractivity contribution in [1.82, 2.24) is 24.9 Å². The SMILES string of the molecule is O=c1cc[nH]c2nc(-c3ncco3)c(-c3ccc4ncccc4c3)nc12. The summed E-state index contributed by atoms with van der Waals surface area (Å²) in [5.41, 5.74) is 3.13. The molecule has 0 bridgehead atoms. The van der Waals surface area contributed by atoms with Gasteiger partial charge in [-0.25, -0.2) is 15.0 Å². The Kier molecular flexibility index (Phi) is 3.11. The number of nitrogens with zero attached hydrogens (tertiary/aromatic N) is 4. The highest BCUT2D eigenvalue weighted by molar-refractivity contribution is 5.88. The minimum Gasteiger partial charge on any atom is -0.443 e. The fourth-order valence-electron chi connectivity index (χ4n) is 2.90. The molecule has 0 saturated carbocycles. The maximum Gasteiger partial charge on any atom is 0.247 e. The first-order valence-corrected chi connectivity index (χ1v) is 7.94. The first-order chi connectivity index (χ1) is 12.8. The Bertz CT molecular complexity index is 1310. The smallest absolute Gasteiger partial charge is 0.247 e. The van der Waals surface area contributed by atoms with E-state index in [1.54, 1.807) is 18.6 Å². The molecule has 0 atom stereocenters. The summed E-state index contributed by atoms with van der Waals surface area (Å²) in [7, 11) is 0. The second-order valence-electron chi connectivity index (χ2n) is 5.71. The van der Waals surface area contributed by atoms with E-state index in [0.29, 0.717) is 22.9 Å². The zero-order valence-electron chi connectivity index (χ0n) is 13.4. The number of hydrogen-bond donors (Lipinski definition) is 1. The Morgan fingerprint density at radius 3 is 2.81 bits per heavy atom. The molecule has 4 aromatic heterocycles. The van der Waals surface area contributed by atoms with Gasteiger partial charge in [0.25, 0.3) is 0 Å². The number of rotatable bonds is 2. The molecule has 7 nitrogen and oxygen atoms in total. The summed E-state index contributed by atoms with van der Waals surface area (Å²) < 4.78 is 5.43. The Hall–Kier alpha value is -3.87. The second-order valence-corrected chi connectivity index (χ2v) is 5.71. The maximum atomic E-state index is 12.2. The first-order valence-electron chi connectivity index (χ1n) is 7.94. The van der Waals surface area contributed by atoms with Crippen LogP contribution in [0.25, 0.3) is 44.9 Å². The van der Waals surface area contributed by atoms with Crippen molar-refractivity contribution < 1.29 is 4.42 Å². The number of H-pyrrole nitrogens is 1. The van der Waals surface area contributed by atoms with Crippen molar-refractivity contribution in [3.63, 3.8) is 0 Å². The molecule has 124 valence electrons. The average Bonchev–Trinajstić information content (AvgIpc) is 3.22. The molecule has 0 amide bonds. The number of benzene rings is 1. The Balaban J connectivity index is 1.85. The van der Waals surface area contributed by atoms with E-state index in [1.807, 2.05) is 30.3 Å². The van der Waals surface area contributed by atoms with Gasteiger partial charge >= 0.3 is 0 Å². The van der Waals surface area contributed by atoms with Gasteiger partial charge in [0.15, 0.2) is 16.9 Å². The number of nitrogens with one attached hydrogen (secondary N) is 1. The van der Waals surface area contributed by atoms with E-state index >= 15 is 0 Å². The topological polar surface area (TPSA) is 97.6 Å². The molecular weight excluding hydrogens is 330 g/mol. The lowest BCUT2D eigenvalue weighted by Gasteiger charge is -2.08. The number of pyridine rings is 2. The summed E-state index contributed by atoms with van der Waals surface area (Å²) in [6.07, 6.45) is 6.31. The normalized spacial score (nSPS) is 11.2. The van der Waals surface area contributed by atoms with Crippen LogP contribution < -0.4 is 5.43 Å². The zero-order valence-corrected chi connectivity index (χ0v) is 13.4. The van der Waals surface area contributed by atoms with Crippen molar-refractivity contribution in [2.45, 2.75) is 0 Å². The number of hydrogen-bond acceptors (Lipinski definition) is 6. The van der Waals surface area contributed by atoms with Crippen molar-refractivity contribution >= 4 is 22.1 Å². The van der Waals surface area contributed by atoms with Gasteiger partial charge in [0.05, 0.1) is 11.7 Å². The Morgan fingerprint density at radius 2 is 1.92 bits per heavy atom. The van der Waals surface area contributed by atoms with E-state index in [-0.39, 0.29) is 10.9 Å². The summed E-state index contributed by atoms with van der Waals surface area (Å²) in [6, 6.07) is 11.0.